The number of Topliss-reactive ketones (excluding diaryl/α,β-unsaturated/α-hetero) is 2. The van der Waals surface area contributed by atoms with E-state index < -0.39 is 95.1 Å². The number of methoxy groups -OCH3 is 1. The van der Waals surface area contributed by atoms with E-state index in [0.717, 1.165) is 18.1 Å². The van der Waals surface area contributed by atoms with Crippen molar-refractivity contribution in [2.24, 2.45) is 17.8 Å². The van der Waals surface area contributed by atoms with Gasteiger partial charge in [0.15, 0.2) is 23.8 Å². The Morgan fingerprint density at radius 1 is 0.922 bits per heavy atom. The molecule has 0 bridgehead atoms. The molecule has 2 aromatic rings. The quantitative estimate of drug-likeness (QED) is 0.149. The molecule has 0 radical (unpaired) electrons. The van der Waals surface area contributed by atoms with Crippen LogP contribution in [0.2, 0.25) is 0 Å². The van der Waals surface area contributed by atoms with Gasteiger partial charge in [0.2, 0.25) is 0 Å². The van der Waals surface area contributed by atoms with Crippen LogP contribution in [0, 0.1) is 17.8 Å². The van der Waals surface area contributed by atoms with Gasteiger partial charge in [0.1, 0.15) is 11.9 Å². The fraction of sp³-hybridized carbons (Fsp3) is 0.653. The summed E-state index contributed by atoms with van der Waals surface area (Å²) in [6, 6.07) is 18.4. The van der Waals surface area contributed by atoms with E-state index in [1.54, 1.807) is 39.5 Å². The molecule has 4 fully saturated rings. The predicted molar refractivity (Wildman–Crippen MR) is 235 cm³/mol. The number of cyclic esters (lactones) is 1. The summed E-state index contributed by atoms with van der Waals surface area (Å²) in [5, 5.41) is 0. The van der Waals surface area contributed by atoms with Crippen molar-refractivity contribution in [2.45, 2.75) is 153 Å². The van der Waals surface area contributed by atoms with Crippen LogP contribution in [0.5, 0.6) is 0 Å². The molecule has 4 aliphatic heterocycles. The van der Waals surface area contributed by atoms with E-state index in [2.05, 4.69) is 29.2 Å². The van der Waals surface area contributed by atoms with Crippen molar-refractivity contribution < 1.29 is 56.8 Å². The molecule has 352 valence electrons. The lowest BCUT2D eigenvalue weighted by Crippen LogP contribution is -2.66. The lowest BCUT2D eigenvalue weighted by Gasteiger charge is -2.50. The predicted octanol–water partition coefficient (Wildman–Crippen LogP) is 6.33. The Morgan fingerprint density at radius 3 is 2.02 bits per heavy atom. The summed E-state index contributed by atoms with van der Waals surface area (Å²) in [4.78, 5) is 76.3. The van der Waals surface area contributed by atoms with Gasteiger partial charge in [-0.15, -0.1) is 0 Å². The van der Waals surface area contributed by atoms with Gasteiger partial charge in [-0.1, -0.05) is 88.4 Å². The Hall–Kier alpha value is -4.28. The number of hydrogen-bond acceptors (Lipinski definition) is 13. The molecular weight excluding hydrogens is 826 g/mol. The third kappa shape index (κ3) is 9.38. The highest BCUT2D eigenvalue weighted by atomic mass is 19.1. The number of amides is 1. The van der Waals surface area contributed by atoms with Crippen LogP contribution in [-0.4, -0.2) is 144 Å². The van der Waals surface area contributed by atoms with Gasteiger partial charge < -0.3 is 33.3 Å². The number of ketones is 2. The van der Waals surface area contributed by atoms with Gasteiger partial charge in [0.25, 0.3) is 5.67 Å². The molecule has 15 heteroatoms. The van der Waals surface area contributed by atoms with E-state index in [1.165, 1.54) is 21.0 Å². The fourth-order valence-corrected chi connectivity index (χ4v) is 10.9. The van der Waals surface area contributed by atoms with Gasteiger partial charge in [0.05, 0.1) is 42.0 Å². The summed E-state index contributed by atoms with van der Waals surface area (Å²) in [6.07, 6.45) is -5.32. The smallest absolute Gasteiger partial charge is 0.411 e. The highest BCUT2D eigenvalue weighted by Crippen LogP contribution is 2.46. The van der Waals surface area contributed by atoms with Gasteiger partial charge in [0, 0.05) is 44.9 Å². The van der Waals surface area contributed by atoms with E-state index >= 15 is 9.18 Å². The number of esters is 2. The minimum absolute atomic E-state index is 0.0253. The number of likely N-dealkylation sites (N-methyl/N-ethyl adjacent to an activating group) is 1. The van der Waals surface area contributed by atoms with Gasteiger partial charge in [-0.25, -0.2) is 14.0 Å². The second-order valence-electron chi connectivity index (χ2n) is 19.2. The molecule has 13 atom stereocenters. The molecule has 14 nitrogen and oxygen atoms in total. The standard InChI is InChI=1S/C49H68FN3O11/c1-13-37-49(9)41(53(46(58)64-49)35-26-52(27-35)38(33-20-16-14-17-21-33)34-22-18-15-19-23-34)30(4)39(55)28(2)25-47(7,59-12)43(31(5)42(56)48(8,50)45(57)62-37)63-44-40(61-32(6)54)36(51(10)11)24-29(3)60-44/h14-23,28-31,35-38,40-41,43-44H,13,24-27H2,1-12H3/t28-,29+,30-,31+,36-,37-,40-,41+,43-,44-,47?,48?,49?/m0/s1. The second-order valence-corrected chi connectivity index (χ2v) is 19.2. The fourth-order valence-electron chi connectivity index (χ4n) is 10.9. The van der Waals surface area contributed by atoms with Crippen molar-refractivity contribution in [3.05, 3.63) is 71.8 Å². The van der Waals surface area contributed by atoms with Crippen LogP contribution in [0.4, 0.5) is 9.18 Å². The minimum atomic E-state index is -3.21. The molecule has 6 rings (SSSR count). The normalized spacial score (nSPS) is 37.1. The zero-order valence-electron chi connectivity index (χ0n) is 39.4. The lowest BCUT2D eigenvalue weighted by atomic mass is 9.72. The number of ether oxygens (including phenoxy) is 6. The maximum Gasteiger partial charge on any atom is 0.411 e. The van der Waals surface area contributed by atoms with E-state index in [1.807, 2.05) is 62.3 Å². The first-order chi connectivity index (χ1) is 30.1. The van der Waals surface area contributed by atoms with E-state index in [-0.39, 0.29) is 36.8 Å². The SMILES string of the molecule is CC[C@@H]1OC(=O)C(C)(F)C(=O)[C@@H](C)[C@H](O[C@@H]2O[C@H](C)C[C@H](N(C)C)[C@@H]2OC(C)=O)C(C)(OC)C[C@H](C)C(=O)[C@H](C)[C@H]2N(C3CN(C(c4ccccc4)c4ccccc4)C3)C(=O)OC12C. The summed E-state index contributed by atoms with van der Waals surface area (Å²) in [6.45, 7) is 14.8. The van der Waals surface area contributed by atoms with Crippen molar-refractivity contribution in [3.8, 4) is 0 Å². The van der Waals surface area contributed by atoms with Crippen LogP contribution < -0.4 is 0 Å². The first-order valence-electron chi connectivity index (χ1n) is 22.6. The summed E-state index contributed by atoms with van der Waals surface area (Å²) >= 11 is 0. The van der Waals surface area contributed by atoms with Crippen LogP contribution in [-0.2, 0) is 47.6 Å². The number of fused-ring (bicyclic) bond motifs is 1. The van der Waals surface area contributed by atoms with Crippen molar-refractivity contribution in [1.82, 2.24) is 14.7 Å². The number of nitrogens with zero attached hydrogens (tertiary/aromatic N) is 3. The van der Waals surface area contributed by atoms with Crippen molar-refractivity contribution in [3.63, 3.8) is 0 Å². The highest BCUT2D eigenvalue weighted by Gasteiger charge is 2.64. The van der Waals surface area contributed by atoms with Crippen LogP contribution in [0.25, 0.3) is 0 Å². The zero-order chi connectivity index (χ0) is 47.1. The Balaban J connectivity index is 1.38. The summed E-state index contributed by atoms with van der Waals surface area (Å²) in [7, 11) is 5.08. The first-order valence-corrected chi connectivity index (χ1v) is 22.6. The largest absolute Gasteiger partial charge is 0.455 e. The average molecular weight is 894 g/mol. The Labute approximate surface area is 377 Å². The van der Waals surface area contributed by atoms with Crippen molar-refractivity contribution in [1.29, 1.82) is 0 Å². The van der Waals surface area contributed by atoms with E-state index in [9.17, 15) is 19.2 Å². The Bertz CT molecular complexity index is 1960. The number of halogens is 1. The molecule has 2 aromatic carbocycles. The second kappa shape index (κ2) is 19.3. The van der Waals surface area contributed by atoms with Gasteiger partial charge >= 0.3 is 18.0 Å². The zero-order valence-corrected chi connectivity index (χ0v) is 39.4. The number of hydrogen-bond donors (Lipinski definition) is 0. The summed E-state index contributed by atoms with van der Waals surface area (Å²) < 4.78 is 54.4. The molecule has 4 heterocycles. The summed E-state index contributed by atoms with van der Waals surface area (Å²) in [5.74, 6) is -6.50. The number of benzene rings is 2. The van der Waals surface area contributed by atoms with Crippen LogP contribution in [0.15, 0.2) is 60.7 Å². The average Bonchev–Trinajstić information content (AvgIpc) is 3.51. The monoisotopic (exact) mass is 893 g/mol. The van der Waals surface area contributed by atoms with E-state index in [0.29, 0.717) is 19.5 Å². The molecular formula is C49H68FN3O11. The molecule has 1 amide bonds. The molecule has 0 aliphatic carbocycles. The minimum Gasteiger partial charge on any atom is -0.455 e. The molecule has 4 saturated heterocycles. The molecule has 0 saturated carbocycles. The molecule has 4 aliphatic rings. The third-order valence-corrected chi connectivity index (χ3v) is 14.3. The topological polar surface area (TPSA) is 150 Å². The lowest BCUT2D eigenvalue weighted by molar-refractivity contribution is -0.298. The molecule has 0 spiro atoms. The Kier molecular flexibility index (Phi) is 14.8. The molecule has 64 heavy (non-hydrogen) atoms. The van der Waals surface area contributed by atoms with Gasteiger partial charge in [-0.3, -0.25) is 24.2 Å². The van der Waals surface area contributed by atoms with Crippen LogP contribution in [0.1, 0.15) is 98.7 Å². The maximum absolute atomic E-state index is 17.2. The van der Waals surface area contributed by atoms with E-state index in [4.69, 9.17) is 28.4 Å². The highest BCUT2D eigenvalue weighted by molar-refractivity contribution is 6.08. The van der Waals surface area contributed by atoms with Crippen LogP contribution >= 0.6 is 0 Å². The van der Waals surface area contributed by atoms with Crippen LogP contribution in [0.3, 0.4) is 0 Å². The molecule has 3 unspecified atom stereocenters. The number of carbonyl (C=O) groups excluding carboxylic acids is 5. The Morgan fingerprint density at radius 2 is 1.50 bits per heavy atom. The van der Waals surface area contributed by atoms with Crippen molar-refractivity contribution in [2.75, 3.05) is 34.3 Å². The van der Waals surface area contributed by atoms with Gasteiger partial charge in [-0.2, -0.15) is 0 Å². The molecule has 0 N–H and O–H groups in total. The number of alkyl halides is 1. The van der Waals surface area contributed by atoms with Gasteiger partial charge in [-0.05, 0) is 72.2 Å². The number of carbonyl (C=O) groups is 5. The number of likely N-dealkylation sites (tertiary alicyclic amines) is 1. The van der Waals surface area contributed by atoms with Crippen molar-refractivity contribution >= 4 is 29.6 Å². The first kappa shape index (κ1) is 49.2. The molecule has 0 aromatic heterocycles. The third-order valence-electron chi connectivity index (χ3n) is 14.3. The maximum atomic E-state index is 17.2. The summed E-state index contributed by atoms with van der Waals surface area (Å²) in [5.41, 5.74) is -4.17. The number of rotatable bonds is 10.